The summed E-state index contributed by atoms with van der Waals surface area (Å²) in [6.07, 6.45) is 11.3. The number of esters is 2. The third-order valence-corrected chi connectivity index (χ3v) is 5.26. The van der Waals surface area contributed by atoms with Gasteiger partial charge >= 0.3 is 11.9 Å². The second-order valence-electron chi connectivity index (χ2n) is 8.41. The predicted molar refractivity (Wildman–Crippen MR) is 125 cm³/mol. The molecular weight excluding hydrogens is 392 g/mol. The molecule has 0 amide bonds. The lowest BCUT2D eigenvalue weighted by molar-refractivity contribution is -0.154. The summed E-state index contributed by atoms with van der Waals surface area (Å²) in [6, 6.07) is 7.67. The van der Waals surface area contributed by atoms with Crippen molar-refractivity contribution in [3.63, 3.8) is 0 Å². The summed E-state index contributed by atoms with van der Waals surface area (Å²) < 4.78 is 16.2. The SMILES string of the molecule is CCCCCCCOc1ccc(/C=C/C(=O)OCCCCOC(=O)C(C)(C)CC)cc1. The van der Waals surface area contributed by atoms with E-state index in [4.69, 9.17) is 14.2 Å². The van der Waals surface area contributed by atoms with Crippen molar-refractivity contribution in [2.75, 3.05) is 19.8 Å². The summed E-state index contributed by atoms with van der Waals surface area (Å²) in [5.41, 5.74) is 0.466. The fourth-order valence-electron chi connectivity index (χ4n) is 2.66. The van der Waals surface area contributed by atoms with Gasteiger partial charge in [0.1, 0.15) is 5.75 Å². The summed E-state index contributed by atoms with van der Waals surface area (Å²) in [4.78, 5) is 23.7. The second kappa shape index (κ2) is 15.5. The average molecular weight is 433 g/mol. The van der Waals surface area contributed by atoms with Crippen LogP contribution in [0.5, 0.6) is 5.75 Å². The highest BCUT2D eigenvalue weighted by molar-refractivity contribution is 5.87. The fraction of sp³-hybridized carbons (Fsp3) is 0.615. The number of benzene rings is 1. The number of carbonyl (C=O) groups excluding carboxylic acids is 2. The Hall–Kier alpha value is -2.30. The van der Waals surface area contributed by atoms with Gasteiger partial charge < -0.3 is 14.2 Å². The van der Waals surface area contributed by atoms with Gasteiger partial charge in [-0.25, -0.2) is 4.79 Å². The van der Waals surface area contributed by atoms with E-state index >= 15 is 0 Å². The molecule has 31 heavy (non-hydrogen) atoms. The van der Waals surface area contributed by atoms with Crippen molar-refractivity contribution in [3.05, 3.63) is 35.9 Å². The van der Waals surface area contributed by atoms with E-state index in [1.807, 2.05) is 45.0 Å². The van der Waals surface area contributed by atoms with Crippen LogP contribution in [0, 0.1) is 5.41 Å². The highest BCUT2D eigenvalue weighted by Gasteiger charge is 2.26. The lowest BCUT2D eigenvalue weighted by Crippen LogP contribution is -2.26. The van der Waals surface area contributed by atoms with Crippen molar-refractivity contribution >= 4 is 18.0 Å². The molecule has 0 fully saturated rings. The van der Waals surface area contributed by atoms with E-state index in [2.05, 4.69) is 6.92 Å². The van der Waals surface area contributed by atoms with Crippen LogP contribution in [0.1, 0.15) is 84.6 Å². The van der Waals surface area contributed by atoms with E-state index in [9.17, 15) is 9.59 Å². The molecule has 174 valence electrons. The number of rotatable bonds is 16. The van der Waals surface area contributed by atoms with Crippen molar-refractivity contribution in [1.82, 2.24) is 0 Å². The Morgan fingerprint density at radius 1 is 0.839 bits per heavy atom. The Morgan fingerprint density at radius 2 is 1.45 bits per heavy atom. The minimum atomic E-state index is -0.449. The van der Waals surface area contributed by atoms with Gasteiger partial charge in [0.15, 0.2) is 0 Å². The van der Waals surface area contributed by atoms with E-state index in [0.717, 1.165) is 30.8 Å². The minimum absolute atomic E-state index is 0.182. The van der Waals surface area contributed by atoms with E-state index in [1.165, 1.54) is 31.8 Å². The van der Waals surface area contributed by atoms with Crippen molar-refractivity contribution in [1.29, 1.82) is 0 Å². The van der Waals surface area contributed by atoms with Crippen LogP contribution in [0.25, 0.3) is 6.08 Å². The normalized spacial score (nSPS) is 11.5. The lowest BCUT2D eigenvalue weighted by Gasteiger charge is -2.20. The Morgan fingerprint density at radius 3 is 2.10 bits per heavy atom. The molecule has 0 saturated carbocycles. The van der Waals surface area contributed by atoms with Gasteiger partial charge in [0.05, 0.1) is 25.2 Å². The first-order valence-corrected chi connectivity index (χ1v) is 11.6. The maximum absolute atomic E-state index is 11.9. The standard InChI is InChI=1S/C26H40O5/c1-5-7-8-9-10-19-29-23-16-13-22(14-17-23)15-18-24(27)30-20-11-12-21-31-25(28)26(3,4)6-2/h13-18H,5-12,19-21H2,1-4H3/b18-15+. The van der Waals surface area contributed by atoms with Crippen LogP contribution in [0.3, 0.4) is 0 Å². The molecule has 0 radical (unpaired) electrons. The van der Waals surface area contributed by atoms with Gasteiger partial charge in [-0.15, -0.1) is 0 Å². The molecule has 0 atom stereocenters. The Bertz CT molecular complexity index is 661. The molecule has 0 bridgehead atoms. The number of hydrogen-bond donors (Lipinski definition) is 0. The van der Waals surface area contributed by atoms with Crippen molar-refractivity contribution in [2.24, 2.45) is 5.41 Å². The molecule has 0 N–H and O–H groups in total. The highest BCUT2D eigenvalue weighted by atomic mass is 16.5. The van der Waals surface area contributed by atoms with Crippen molar-refractivity contribution < 1.29 is 23.8 Å². The van der Waals surface area contributed by atoms with E-state index in [-0.39, 0.29) is 11.9 Å². The molecule has 0 heterocycles. The molecule has 0 aliphatic rings. The maximum Gasteiger partial charge on any atom is 0.330 e. The predicted octanol–water partition coefficient (Wildman–Crippen LogP) is 6.35. The smallest absolute Gasteiger partial charge is 0.330 e. The zero-order valence-electron chi connectivity index (χ0n) is 19.8. The quantitative estimate of drug-likeness (QED) is 0.173. The average Bonchev–Trinajstić information content (AvgIpc) is 2.77. The molecule has 0 aromatic heterocycles. The molecule has 1 rings (SSSR count). The first kappa shape index (κ1) is 26.7. The maximum atomic E-state index is 11.9. The largest absolute Gasteiger partial charge is 0.494 e. The van der Waals surface area contributed by atoms with Crippen LogP contribution >= 0.6 is 0 Å². The van der Waals surface area contributed by atoms with Crippen LogP contribution in [-0.4, -0.2) is 31.8 Å². The van der Waals surface area contributed by atoms with Crippen molar-refractivity contribution in [2.45, 2.75) is 79.1 Å². The number of hydrogen-bond acceptors (Lipinski definition) is 5. The van der Waals surface area contributed by atoms with Gasteiger partial charge in [-0.1, -0.05) is 51.7 Å². The molecule has 0 aliphatic carbocycles. The van der Waals surface area contributed by atoms with Crippen LogP contribution < -0.4 is 4.74 Å². The monoisotopic (exact) mass is 432 g/mol. The summed E-state index contributed by atoms with van der Waals surface area (Å²) >= 11 is 0. The van der Waals surface area contributed by atoms with Crippen LogP contribution in [0.15, 0.2) is 30.3 Å². The van der Waals surface area contributed by atoms with Crippen LogP contribution in [0.4, 0.5) is 0 Å². The van der Waals surface area contributed by atoms with Gasteiger partial charge in [-0.3, -0.25) is 4.79 Å². The minimum Gasteiger partial charge on any atom is -0.494 e. The first-order chi connectivity index (χ1) is 14.9. The fourth-order valence-corrected chi connectivity index (χ4v) is 2.66. The molecule has 0 spiro atoms. The van der Waals surface area contributed by atoms with Crippen molar-refractivity contribution in [3.8, 4) is 5.75 Å². The molecule has 0 saturated heterocycles. The molecular formula is C26H40O5. The molecule has 1 aromatic carbocycles. The van der Waals surface area contributed by atoms with Crippen LogP contribution in [-0.2, 0) is 19.1 Å². The summed E-state index contributed by atoms with van der Waals surface area (Å²) in [5, 5.41) is 0. The van der Waals surface area contributed by atoms with Gasteiger partial charge in [0, 0.05) is 6.08 Å². The first-order valence-electron chi connectivity index (χ1n) is 11.6. The zero-order chi connectivity index (χ0) is 23.0. The highest BCUT2D eigenvalue weighted by Crippen LogP contribution is 2.21. The Balaban J connectivity index is 2.17. The summed E-state index contributed by atoms with van der Waals surface area (Å²) in [7, 11) is 0. The molecule has 1 aromatic rings. The van der Waals surface area contributed by atoms with E-state index in [0.29, 0.717) is 26.1 Å². The number of ether oxygens (including phenoxy) is 3. The molecule has 5 nitrogen and oxygen atoms in total. The summed E-state index contributed by atoms with van der Waals surface area (Å²) in [5.74, 6) is 0.285. The molecule has 0 aliphatic heterocycles. The third kappa shape index (κ3) is 12.2. The lowest BCUT2D eigenvalue weighted by atomic mass is 9.91. The zero-order valence-corrected chi connectivity index (χ0v) is 19.8. The second-order valence-corrected chi connectivity index (χ2v) is 8.41. The van der Waals surface area contributed by atoms with E-state index < -0.39 is 5.41 Å². The number of carbonyl (C=O) groups is 2. The molecule has 0 unspecified atom stereocenters. The van der Waals surface area contributed by atoms with Gasteiger partial charge in [0.2, 0.25) is 0 Å². The van der Waals surface area contributed by atoms with Gasteiger partial charge in [-0.05, 0) is 63.3 Å². The van der Waals surface area contributed by atoms with E-state index in [1.54, 1.807) is 6.08 Å². The Kier molecular flexibility index (Phi) is 13.4. The van der Waals surface area contributed by atoms with Crippen LogP contribution in [0.2, 0.25) is 0 Å². The third-order valence-electron chi connectivity index (χ3n) is 5.26. The molecule has 5 heteroatoms. The van der Waals surface area contributed by atoms with Gasteiger partial charge in [-0.2, -0.15) is 0 Å². The Labute approximate surface area is 188 Å². The topological polar surface area (TPSA) is 61.8 Å². The summed E-state index contributed by atoms with van der Waals surface area (Å²) in [6.45, 7) is 9.32. The van der Waals surface area contributed by atoms with Gasteiger partial charge in [0.25, 0.3) is 0 Å². The number of unbranched alkanes of at least 4 members (excludes halogenated alkanes) is 5.